The molecule has 0 aromatic carbocycles. The standard InChI is InChI=1S/C17H26N2O4/c1-4-5-6-8-13(17(21)22)16(20)19-10-7-9-14(19)15-18-11(2)12(3)23-15/h13-14H,4-10H2,1-3H3,(H,21,22)/t13-,14?/m0/s1. The van der Waals surface area contributed by atoms with Crippen LogP contribution in [0.5, 0.6) is 0 Å². The molecule has 0 aliphatic carbocycles. The number of aryl methyl sites for hydroxylation is 2. The number of carboxylic acids is 1. The van der Waals surface area contributed by atoms with E-state index in [-0.39, 0.29) is 11.9 Å². The number of unbranched alkanes of at least 4 members (excludes halogenated alkanes) is 2. The Balaban J connectivity index is 2.13. The number of amides is 1. The number of aromatic nitrogens is 1. The molecule has 1 unspecified atom stereocenters. The fourth-order valence-electron chi connectivity index (χ4n) is 3.08. The molecule has 1 aromatic heterocycles. The minimum Gasteiger partial charge on any atom is -0.481 e. The van der Waals surface area contributed by atoms with E-state index in [0.29, 0.717) is 18.9 Å². The lowest BCUT2D eigenvalue weighted by atomic mass is 9.99. The molecule has 2 heterocycles. The van der Waals surface area contributed by atoms with Crippen molar-refractivity contribution in [2.75, 3.05) is 6.54 Å². The van der Waals surface area contributed by atoms with E-state index >= 15 is 0 Å². The van der Waals surface area contributed by atoms with Crippen LogP contribution in [0.15, 0.2) is 4.42 Å². The Morgan fingerprint density at radius 3 is 2.70 bits per heavy atom. The highest BCUT2D eigenvalue weighted by atomic mass is 16.4. The van der Waals surface area contributed by atoms with E-state index in [2.05, 4.69) is 11.9 Å². The van der Waals surface area contributed by atoms with E-state index in [1.54, 1.807) is 4.90 Å². The normalized spacial score (nSPS) is 19.1. The van der Waals surface area contributed by atoms with Crippen molar-refractivity contribution in [3.8, 4) is 0 Å². The van der Waals surface area contributed by atoms with Crippen molar-refractivity contribution in [1.82, 2.24) is 9.88 Å². The molecule has 1 aromatic rings. The van der Waals surface area contributed by atoms with Crippen LogP contribution in [-0.4, -0.2) is 33.4 Å². The number of nitrogens with zero attached hydrogens (tertiary/aromatic N) is 2. The summed E-state index contributed by atoms with van der Waals surface area (Å²) in [5.41, 5.74) is 0.817. The van der Waals surface area contributed by atoms with E-state index in [9.17, 15) is 14.7 Å². The zero-order chi connectivity index (χ0) is 17.0. The highest BCUT2D eigenvalue weighted by molar-refractivity contribution is 5.97. The van der Waals surface area contributed by atoms with Gasteiger partial charge in [0.25, 0.3) is 0 Å². The van der Waals surface area contributed by atoms with Gasteiger partial charge in [-0.25, -0.2) is 4.98 Å². The number of carboxylic acid groups (broad SMARTS) is 1. The number of oxazole rings is 1. The molecule has 2 atom stereocenters. The number of rotatable bonds is 7. The molecule has 1 N–H and O–H groups in total. The van der Waals surface area contributed by atoms with Crippen LogP contribution >= 0.6 is 0 Å². The first kappa shape index (κ1) is 17.5. The first-order valence-corrected chi connectivity index (χ1v) is 8.42. The average Bonchev–Trinajstić information content (AvgIpc) is 3.10. The van der Waals surface area contributed by atoms with Gasteiger partial charge >= 0.3 is 5.97 Å². The maximum absolute atomic E-state index is 12.7. The number of likely N-dealkylation sites (tertiary alicyclic amines) is 1. The van der Waals surface area contributed by atoms with Crippen LogP contribution in [0.3, 0.4) is 0 Å². The molecule has 0 saturated carbocycles. The number of carbonyl (C=O) groups is 2. The molecule has 1 saturated heterocycles. The Morgan fingerprint density at radius 1 is 1.39 bits per heavy atom. The highest BCUT2D eigenvalue weighted by Crippen LogP contribution is 2.34. The third kappa shape index (κ3) is 3.92. The fraction of sp³-hybridized carbons (Fsp3) is 0.706. The summed E-state index contributed by atoms with van der Waals surface area (Å²) >= 11 is 0. The summed E-state index contributed by atoms with van der Waals surface area (Å²) in [6.45, 7) is 6.34. The van der Waals surface area contributed by atoms with E-state index in [1.807, 2.05) is 13.8 Å². The van der Waals surface area contributed by atoms with Crippen molar-refractivity contribution in [3.05, 3.63) is 17.3 Å². The second-order valence-corrected chi connectivity index (χ2v) is 6.27. The minimum atomic E-state index is -1.03. The third-order valence-electron chi connectivity index (χ3n) is 4.56. The van der Waals surface area contributed by atoms with Gasteiger partial charge < -0.3 is 14.4 Å². The Hall–Kier alpha value is -1.85. The van der Waals surface area contributed by atoms with Gasteiger partial charge in [-0.2, -0.15) is 0 Å². The zero-order valence-corrected chi connectivity index (χ0v) is 14.2. The van der Waals surface area contributed by atoms with Gasteiger partial charge in [0.15, 0.2) is 0 Å². The first-order valence-electron chi connectivity index (χ1n) is 8.42. The maximum Gasteiger partial charge on any atom is 0.316 e. The lowest BCUT2D eigenvalue weighted by Gasteiger charge is -2.25. The van der Waals surface area contributed by atoms with Crippen molar-refractivity contribution < 1.29 is 19.1 Å². The topological polar surface area (TPSA) is 83.6 Å². The van der Waals surface area contributed by atoms with E-state index in [0.717, 1.165) is 43.6 Å². The summed E-state index contributed by atoms with van der Waals surface area (Å²) in [6.07, 6.45) is 4.72. The Kier molecular flexibility index (Phi) is 5.80. The Morgan fingerprint density at radius 2 is 2.13 bits per heavy atom. The van der Waals surface area contributed by atoms with Crippen LogP contribution in [0.4, 0.5) is 0 Å². The Labute approximate surface area is 136 Å². The lowest BCUT2D eigenvalue weighted by molar-refractivity contribution is -0.152. The summed E-state index contributed by atoms with van der Waals surface area (Å²) in [5.74, 6) is -1.01. The fourth-order valence-corrected chi connectivity index (χ4v) is 3.08. The molecule has 1 aliphatic rings. The molecule has 0 radical (unpaired) electrons. The largest absolute Gasteiger partial charge is 0.481 e. The zero-order valence-electron chi connectivity index (χ0n) is 14.2. The van der Waals surface area contributed by atoms with Crippen LogP contribution in [0, 0.1) is 19.8 Å². The van der Waals surface area contributed by atoms with Crippen LogP contribution in [0.25, 0.3) is 0 Å². The predicted molar refractivity (Wildman–Crippen MR) is 84.9 cm³/mol. The second-order valence-electron chi connectivity index (χ2n) is 6.27. The highest BCUT2D eigenvalue weighted by Gasteiger charge is 2.39. The summed E-state index contributed by atoms with van der Waals surface area (Å²) in [6, 6.07) is -0.233. The van der Waals surface area contributed by atoms with Crippen molar-refractivity contribution in [2.45, 2.75) is 65.3 Å². The van der Waals surface area contributed by atoms with Gasteiger partial charge in [-0.05, 0) is 33.1 Å². The van der Waals surface area contributed by atoms with Gasteiger partial charge in [-0.1, -0.05) is 26.2 Å². The smallest absolute Gasteiger partial charge is 0.316 e. The molecule has 2 rings (SSSR count). The van der Waals surface area contributed by atoms with Crippen LogP contribution in [0.2, 0.25) is 0 Å². The third-order valence-corrected chi connectivity index (χ3v) is 4.56. The maximum atomic E-state index is 12.7. The molecule has 23 heavy (non-hydrogen) atoms. The SMILES string of the molecule is CCCCC[C@H](C(=O)O)C(=O)N1CCCC1c1nc(C)c(C)o1. The van der Waals surface area contributed by atoms with Crippen molar-refractivity contribution >= 4 is 11.9 Å². The lowest BCUT2D eigenvalue weighted by Crippen LogP contribution is -2.39. The van der Waals surface area contributed by atoms with Gasteiger partial charge in [0.2, 0.25) is 11.8 Å². The number of aliphatic carboxylic acids is 1. The van der Waals surface area contributed by atoms with Gasteiger partial charge in [0.1, 0.15) is 17.7 Å². The van der Waals surface area contributed by atoms with E-state index in [4.69, 9.17) is 4.42 Å². The minimum absolute atomic E-state index is 0.233. The molecule has 128 valence electrons. The average molecular weight is 322 g/mol. The molecular weight excluding hydrogens is 296 g/mol. The quantitative estimate of drug-likeness (QED) is 0.615. The predicted octanol–water partition coefficient (Wildman–Crippen LogP) is 3.24. The van der Waals surface area contributed by atoms with Gasteiger partial charge in [0, 0.05) is 6.54 Å². The van der Waals surface area contributed by atoms with Gasteiger partial charge in [-0.3, -0.25) is 9.59 Å². The summed E-state index contributed by atoms with van der Waals surface area (Å²) in [4.78, 5) is 30.3. The van der Waals surface area contributed by atoms with Crippen LogP contribution in [0.1, 0.15) is 68.8 Å². The van der Waals surface area contributed by atoms with Crippen LogP contribution < -0.4 is 0 Å². The van der Waals surface area contributed by atoms with Gasteiger partial charge in [0.05, 0.1) is 5.69 Å². The van der Waals surface area contributed by atoms with E-state index < -0.39 is 11.9 Å². The van der Waals surface area contributed by atoms with Crippen LogP contribution in [-0.2, 0) is 9.59 Å². The molecule has 6 heteroatoms. The number of hydrogen-bond donors (Lipinski definition) is 1. The van der Waals surface area contributed by atoms with Crippen molar-refractivity contribution in [2.24, 2.45) is 5.92 Å². The second kappa shape index (κ2) is 7.62. The summed E-state index contributed by atoms with van der Waals surface area (Å²) < 4.78 is 5.66. The van der Waals surface area contributed by atoms with E-state index in [1.165, 1.54) is 0 Å². The summed E-state index contributed by atoms with van der Waals surface area (Å²) in [5, 5.41) is 9.42. The van der Waals surface area contributed by atoms with Crippen molar-refractivity contribution in [3.63, 3.8) is 0 Å². The molecule has 1 fully saturated rings. The number of carbonyl (C=O) groups excluding carboxylic acids is 1. The number of hydrogen-bond acceptors (Lipinski definition) is 4. The van der Waals surface area contributed by atoms with Gasteiger partial charge in [-0.15, -0.1) is 0 Å². The molecule has 6 nitrogen and oxygen atoms in total. The Bertz CT molecular complexity index is 547. The molecule has 0 spiro atoms. The summed E-state index contributed by atoms with van der Waals surface area (Å²) in [7, 11) is 0. The monoisotopic (exact) mass is 322 g/mol. The molecule has 1 aliphatic heterocycles. The molecular formula is C17H26N2O4. The van der Waals surface area contributed by atoms with Crippen molar-refractivity contribution in [1.29, 1.82) is 0 Å². The molecule has 1 amide bonds. The first-order chi connectivity index (χ1) is 11.0. The molecule has 0 bridgehead atoms.